The first-order chi connectivity index (χ1) is 25.8. The Balaban J connectivity index is 1.30. The second kappa shape index (κ2) is 10.5. The zero-order chi connectivity index (χ0) is 33.9. The van der Waals surface area contributed by atoms with Crippen LogP contribution in [0.2, 0.25) is 0 Å². The summed E-state index contributed by atoms with van der Waals surface area (Å²) in [7, 11) is 0. The second-order valence-corrected chi connectivity index (χ2v) is 14.8. The van der Waals surface area contributed by atoms with Crippen LogP contribution in [0.4, 0.5) is 11.4 Å². The molecule has 4 heteroatoms. The van der Waals surface area contributed by atoms with E-state index in [-0.39, 0.29) is 0 Å². The van der Waals surface area contributed by atoms with Crippen molar-refractivity contribution in [1.82, 2.24) is 4.98 Å². The van der Waals surface area contributed by atoms with E-state index < -0.39 is 0 Å². The molecule has 2 aliphatic rings. The van der Waals surface area contributed by atoms with Gasteiger partial charge in [-0.3, -0.25) is 0 Å². The molecule has 0 bridgehead atoms. The Morgan fingerprint density at radius 3 is 2.15 bits per heavy atom. The molecule has 0 saturated carbocycles. The average molecular weight is 678 g/mol. The Morgan fingerprint density at radius 1 is 0.423 bits per heavy atom. The maximum atomic E-state index is 5.32. The van der Waals surface area contributed by atoms with Gasteiger partial charge < -0.3 is 4.98 Å². The number of H-pyrrole nitrogens is 1. The highest BCUT2D eigenvalue weighted by Crippen LogP contribution is 2.54. The van der Waals surface area contributed by atoms with Gasteiger partial charge in [0.05, 0.1) is 27.6 Å². The zero-order valence-electron chi connectivity index (χ0n) is 27.8. The zero-order valence-corrected chi connectivity index (χ0v) is 28.6. The van der Waals surface area contributed by atoms with Crippen LogP contribution in [-0.2, 0) is 0 Å². The Morgan fingerprint density at radius 2 is 1.21 bits per heavy atom. The molecule has 0 amide bonds. The first kappa shape index (κ1) is 28.1. The number of para-hydroxylation sites is 2. The topological polar surface area (TPSA) is 40.5 Å². The van der Waals surface area contributed by atoms with Crippen LogP contribution < -0.4 is 10.7 Å². The summed E-state index contributed by atoms with van der Waals surface area (Å²) in [5.74, 6) is 0. The Kier molecular flexibility index (Phi) is 5.65. The highest BCUT2D eigenvalue weighted by atomic mass is 32.1. The van der Waals surface area contributed by atoms with E-state index in [4.69, 9.17) is 9.98 Å². The molecule has 0 fully saturated rings. The van der Waals surface area contributed by atoms with Gasteiger partial charge in [0.25, 0.3) is 0 Å². The normalized spacial score (nSPS) is 12.5. The number of hydrogen-bond donors (Lipinski definition) is 1. The fourth-order valence-electron chi connectivity index (χ4n) is 8.76. The lowest BCUT2D eigenvalue weighted by Gasteiger charge is -2.21. The molecule has 12 rings (SSSR count). The van der Waals surface area contributed by atoms with Gasteiger partial charge >= 0.3 is 0 Å². The molecule has 52 heavy (non-hydrogen) atoms. The van der Waals surface area contributed by atoms with Crippen molar-refractivity contribution >= 4 is 64.7 Å². The summed E-state index contributed by atoms with van der Waals surface area (Å²) in [6, 6.07) is 57.1. The molecule has 2 aromatic heterocycles. The molecule has 0 radical (unpaired) electrons. The van der Waals surface area contributed by atoms with Crippen LogP contribution in [0.1, 0.15) is 0 Å². The number of benzene rings is 8. The number of fused-ring (bicyclic) bond motifs is 12. The predicted octanol–water partition coefficient (Wildman–Crippen LogP) is 12.2. The van der Waals surface area contributed by atoms with Gasteiger partial charge in [-0.05, 0) is 64.7 Å². The first-order valence-electron chi connectivity index (χ1n) is 17.7. The lowest BCUT2D eigenvalue weighted by Crippen LogP contribution is -2.02. The summed E-state index contributed by atoms with van der Waals surface area (Å²) in [5, 5.41) is 9.31. The highest BCUT2D eigenvalue weighted by Gasteiger charge is 2.30. The molecular weight excluding hydrogens is 651 g/mol. The third kappa shape index (κ3) is 3.79. The van der Waals surface area contributed by atoms with Gasteiger partial charge in [-0.1, -0.05) is 115 Å². The number of aromatic nitrogens is 1. The average Bonchev–Trinajstić information content (AvgIpc) is 3.97. The van der Waals surface area contributed by atoms with Crippen molar-refractivity contribution in [1.29, 1.82) is 0 Å². The molecule has 0 unspecified atom stereocenters. The monoisotopic (exact) mass is 677 g/mol. The second-order valence-electron chi connectivity index (χ2n) is 13.7. The van der Waals surface area contributed by atoms with Crippen LogP contribution in [0.25, 0.3) is 86.5 Å². The van der Waals surface area contributed by atoms with Crippen LogP contribution in [0, 0.1) is 10.4 Å². The van der Waals surface area contributed by atoms with Crippen molar-refractivity contribution in [2.75, 3.05) is 0 Å². The van der Waals surface area contributed by atoms with E-state index in [0.717, 1.165) is 49.5 Å². The summed E-state index contributed by atoms with van der Waals surface area (Å²) in [6.45, 7) is 0. The first-order valence-corrected chi connectivity index (χ1v) is 18.5. The van der Waals surface area contributed by atoms with Gasteiger partial charge in [-0.2, -0.15) is 0 Å². The molecule has 0 saturated heterocycles. The van der Waals surface area contributed by atoms with E-state index >= 15 is 0 Å². The van der Waals surface area contributed by atoms with Gasteiger partial charge in [0.1, 0.15) is 0 Å². The Hall–Kier alpha value is -6.62. The van der Waals surface area contributed by atoms with E-state index in [1.165, 1.54) is 69.5 Å². The van der Waals surface area contributed by atoms with Crippen molar-refractivity contribution in [3.8, 4) is 44.5 Å². The number of aromatic amines is 1. The minimum absolute atomic E-state index is 0.966. The fourth-order valence-corrected chi connectivity index (χ4v) is 9.89. The van der Waals surface area contributed by atoms with Crippen LogP contribution in [0.5, 0.6) is 0 Å². The van der Waals surface area contributed by atoms with Crippen molar-refractivity contribution in [3.05, 3.63) is 179 Å². The predicted molar refractivity (Wildman–Crippen MR) is 216 cm³/mol. The summed E-state index contributed by atoms with van der Waals surface area (Å²) in [4.78, 5) is 14.6. The van der Waals surface area contributed by atoms with Crippen molar-refractivity contribution in [2.45, 2.75) is 0 Å². The van der Waals surface area contributed by atoms with E-state index in [9.17, 15) is 0 Å². The number of hydrogen-bond acceptors (Lipinski definition) is 3. The third-order valence-electron chi connectivity index (χ3n) is 11.0. The molecule has 0 aliphatic carbocycles. The molecule has 3 nitrogen and oxygen atoms in total. The smallest absolute Gasteiger partial charge is 0.0817 e. The summed E-state index contributed by atoms with van der Waals surface area (Å²) in [6.07, 6.45) is 0. The van der Waals surface area contributed by atoms with Crippen LogP contribution in [-0.4, -0.2) is 4.98 Å². The largest absolute Gasteiger partial charge is 0.354 e. The third-order valence-corrected chi connectivity index (χ3v) is 12.1. The standard InChI is InChI=1S/C48H27N3S/c1-2-11-27(12-3-1)28-23-25-38-45(46-39(49-38)26-24-34-30-14-5-8-18-37(30)51-48(34)46)43(28)44-32(21-22-33-29-13-4-7-17-36(29)50-47(33)44)31-16-10-20-41-42(31)35-15-6-9-19-40(35)52-41/h1-26,50H. The number of nitrogens with zero attached hydrogens (tertiary/aromatic N) is 2. The summed E-state index contributed by atoms with van der Waals surface area (Å²) >= 11 is 1.86. The SMILES string of the molecule is c1ccc(-c2ccc3c(c2-c2c(-c4cccc5sc6ccccc6c45)ccc4c2[nH]c2ccccc24)-c2c4c(ccc2=N3)=c2ccccc2=N4)cc1. The molecule has 1 N–H and O–H groups in total. The van der Waals surface area contributed by atoms with Gasteiger partial charge in [0.15, 0.2) is 0 Å². The van der Waals surface area contributed by atoms with Crippen molar-refractivity contribution in [3.63, 3.8) is 0 Å². The van der Waals surface area contributed by atoms with E-state index in [0.29, 0.717) is 0 Å². The quantitative estimate of drug-likeness (QED) is 0.193. The number of rotatable bonds is 3. The van der Waals surface area contributed by atoms with Gasteiger partial charge in [-0.25, -0.2) is 9.98 Å². The Bertz CT molecular complexity index is 3410. The van der Waals surface area contributed by atoms with E-state index in [2.05, 4.69) is 163 Å². The molecule has 4 heterocycles. The van der Waals surface area contributed by atoms with Crippen LogP contribution in [0.3, 0.4) is 0 Å². The van der Waals surface area contributed by atoms with Crippen molar-refractivity contribution < 1.29 is 0 Å². The summed E-state index contributed by atoms with van der Waals surface area (Å²) in [5.41, 5.74) is 13.6. The Labute approximate surface area is 301 Å². The van der Waals surface area contributed by atoms with Crippen LogP contribution in [0.15, 0.2) is 168 Å². The van der Waals surface area contributed by atoms with Gasteiger partial charge in [-0.15, -0.1) is 11.3 Å². The number of thiophene rings is 1. The molecule has 10 aromatic rings. The summed E-state index contributed by atoms with van der Waals surface area (Å²) < 4.78 is 2.59. The molecule has 0 atom stereocenters. The number of nitrogens with one attached hydrogen (secondary N) is 1. The van der Waals surface area contributed by atoms with Crippen molar-refractivity contribution in [2.24, 2.45) is 9.98 Å². The maximum absolute atomic E-state index is 5.32. The minimum Gasteiger partial charge on any atom is -0.354 e. The molecule has 8 aromatic carbocycles. The van der Waals surface area contributed by atoms with Gasteiger partial charge in [0, 0.05) is 69.2 Å². The molecule has 2 aliphatic heterocycles. The fraction of sp³-hybridized carbons (Fsp3) is 0. The lowest BCUT2D eigenvalue weighted by molar-refractivity contribution is 1.36. The molecular formula is C48H27N3S. The minimum atomic E-state index is 0.966. The highest BCUT2D eigenvalue weighted by molar-refractivity contribution is 7.25. The van der Waals surface area contributed by atoms with Gasteiger partial charge in [0.2, 0.25) is 0 Å². The molecule has 0 spiro atoms. The van der Waals surface area contributed by atoms with Crippen LogP contribution >= 0.6 is 11.3 Å². The maximum Gasteiger partial charge on any atom is 0.0817 e. The lowest BCUT2D eigenvalue weighted by atomic mass is 9.82. The van der Waals surface area contributed by atoms with E-state index in [1.54, 1.807) is 0 Å². The molecule has 240 valence electrons. The van der Waals surface area contributed by atoms with E-state index in [1.807, 2.05) is 11.3 Å².